The standard InChI is InChI=1S/C14H26N2O2S/c1-3-16(10-11-18-4-2)13(17)14(12(15)19)8-6-5-7-9-14/h3-11H2,1-2H3,(H2,15,19). The van der Waals surface area contributed by atoms with Crippen LogP contribution in [-0.4, -0.2) is 42.1 Å². The Morgan fingerprint density at radius 2 is 1.95 bits per heavy atom. The highest BCUT2D eigenvalue weighted by Crippen LogP contribution is 2.38. The zero-order valence-corrected chi connectivity index (χ0v) is 12.9. The van der Waals surface area contributed by atoms with Gasteiger partial charge in [-0.2, -0.15) is 0 Å². The molecule has 1 aliphatic carbocycles. The van der Waals surface area contributed by atoms with Gasteiger partial charge in [0, 0.05) is 19.7 Å². The summed E-state index contributed by atoms with van der Waals surface area (Å²) in [5.41, 5.74) is 5.30. The maximum absolute atomic E-state index is 12.8. The molecule has 0 aromatic rings. The predicted molar refractivity (Wildman–Crippen MR) is 81.1 cm³/mol. The van der Waals surface area contributed by atoms with E-state index in [9.17, 15) is 4.79 Å². The van der Waals surface area contributed by atoms with Crippen molar-refractivity contribution in [3.05, 3.63) is 0 Å². The van der Waals surface area contributed by atoms with E-state index in [0.29, 0.717) is 31.3 Å². The van der Waals surface area contributed by atoms with Gasteiger partial charge in [-0.1, -0.05) is 31.5 Å². The summed E-state index contributed by atoms with van der Waals surface area (Å²) in [5, 5.41) is 0. The number of amides is 1. The zero-order valence-electron chi connectivity index (χ0n) is 12.1. The lowest BCUT2D eigenvalue weighted by Gasteiger charge is -2.38. The lowest BCUT2D eigenvalue weighted by atomic mass is 9.73. The van der Waals surface area contributed by atoms with Crippen LogP contribution >= 0.6 is 12.2 Å². The number of nitrogens with two attached hydrogens (primary N) is 1. The third kappa shape index (κ3) is 3.89. The van der Waals surface area contributed by atoms with E-state index in [1.165, 1.54) is 6.42 Å². The Labute approximate surface area is 121 Å². The van der Waals surface area contributed by atoms with Gasteiger partial charge in [-0.05, 0) is 26.7 Å². The van der Waals surface area contributed by atoms with Gasteiger partial charge in [-0.15, -0.1) is 0 Å². The number of nitrogens with zero attached hydrogens (tertiary/aromatic N) is 1. The Kier molecular flexibility index (Phi) is 6.72. The number of hydrogen-bond donors (Lipinski definition) is 1. The molecule has 1 amide bonds. The molecule has 1 saturated carbocycles. The first kappa shape index (κ1) is 16.4. The number of ether oxygens (including phenoxy) is 1. The van der Waals surface area contributed by atoms with Crippen LogP contribution in [0.2, 0.25) is 0 Å². The predicted octanol–water partition coefficient (Wildman–Crippen LogP) is 2.11. The number of carbonyl (C=O) groups excluding carboxylic acids is 1. The molecule has 19 heavy (non-hydrogen) atoms. The molecule has 0 aliphatic heterocycles. The van der Waals surface area contributed by atoms with Crippen LogP contribution in [-0.2, 0) is 9.53 Å². The monoisotopic (exact) mass is 286 g/mol. The van der Waals surface area contributed by atoms with Crippen LogP contribution in [0.5, 0.6) is 0 Å². The summed E-state index contributed by atoms with van der Waals surface area (Å²) in [6.45, 7) is 6.48. The van der Waals surface area contributed by atoms with Gasteiger partial charge in [0.05, 0.1) is 17.0 Å². The fourth-order valence-electron chi connectivity index (χ4n) is 2.75. The van der Waals surface area contributed by atoms with E-state index in [4.69, 9.17) is 22.7 Å². The highest BCUT2D eigenvalue weighted by atomic mass is 32.1. The van der Waals surface area contributed by atoms with Crippen molar-refractivity contribution >= 4 is 23.1 Å². The van der Waals surface area contributed by atoms with E-state index >= 15 is 0 Å². The Morgan fingerprint density at radius 3 is 2.42 bits per heavy atom. The largest absolute Gasteiger partial charge is 0.392 e. The molecule has 110 valence electrons. The summed E-state index contributed by atoms with van der Waals surface area (Å²) in [6.07, 6.45) is 4.83. The van der Waals surface area contributed by atoms with Crippen molar-refractivity contribution < 1.29 is 9.53 Å². The van der Waals surface area contributed by atoms with Crippen LogP contribution in [0.1, 0.15) is 46.0 Å². The van der Waals surface area contributed by atoms with Crippen LogP contribution in [0.15, 0.2) is 0 Å². The van der Waals surface area contributed by atoms with Crippen LogP contribution in [0.3, 0.4) is 0 Å². The maximum atomic E-state index is 12.8. The molecule has 0 aromatic heterocycles. The van der Waals surface area contributed by atoms with Gasteiger partial charge in [0.1, 0.15) is 0 Å². The molecule has 1 fully saturated rings. The average Bonchev–Trinajstić information content (AvgIpc) is 2.43. The smallest absolute Gasteiger partial charge is 0.235 e. The highest BCUT2D eigenvalue weighted by Gasteiger charge is 2.44. The van der Waals surface area contributed by atoms with Crippen molar-refractivity contribution in [2.24, 2.45) is 11.1 Å². The minimum absolute atomic E-state index is 0.0990. The average molecular weight is 286 g/mol. The Morgan fingerprint density at radius 1 is 1.32 bits per heavy atom. The molecule has 1 rings (SSSR count). The molecule has 0 spiro atoms. The van der Waals surface area contributed by atoms with Gasteiger partial charge in [-0.25, -0.2) is 0 Å². The van der Waals surface area contributed by atoms with Crippen molar-refractivity contribution in [1.82, 2.24) is 4.90 Å². The first-order chi connectivity index (χ1) is 9.08. The Hall–Kier alpha value is -0.680. The topological polar surface area (TPSA) is 55.6 Å². The van der Waals surface area contributed by atoms with Crippen LogP contribution in [0.4, 0.5) is 0 Å². The quantitative estimate of drug-likeness (QED) is 0.575. The minimum atomic E-state index is -0.601. The summed E-state index contributed by atoms with van der Waals surface area (Å²) in [7, 11) is 0. The minimum Gasteiger partial charge on any atom is -0.392 e. The number of hydrogen-bond acceptors (Lipinski definition) is 3. The van der Waals surface area contributed by atoms with E-state index in [0.717, 1.165) is 25.7 Å². The van der Waals surface area contributed by atoms with Crippen LogP contribution in [0.25, 0.3) is 0 Å². The first-order valence-corrected chi connectivity index (χ1v) is 7.66. The molecule has 1 aliphatic rings. The van der Waals surface area contributed by atoms with E-state index in [1.54, 1.807) is 0 Å². The summed E-state index contributed by atoms with van der Waals surface area (Å²) >= 11 is 5.21. The number of rotatable bonds is 7. The summed E-state index contributed by atoms with van der Waals surface area (Å²) < 4.78 is 5.34. The van der Waals surface area contributed by atoms with Crippen molar-refractivity contribution in [2.45, 2.75) is 46.0 Å². The molecule has 2 N–H and O–H groups in total. The van der Waals surface area contributed by atoms with Crippen molar-refractivity contribution in [1.29, 1.82) is 0 Å². The van der Waals surface area contributed by atoms with Gasteiger partial charge in [-0.3, -0.25) is 4.79 Å². The summed E-state index contributed by atoms with van der Waals surface area (Å²) in [5.74, 6) is 0.0990. The van der Waals surface area contributed by atoms with Crippen LogP contribution in [0, 0.1) is 5.41 Å². The van der Waals surface area contributed by atoms with Crippen molar-refractivity contribution in [3.8, 4) is 0 Å². The molecular formula is C14H26N2O2S. The number of thiocarbonyl (C=S) groups is 1. The molecule has 0 bridgehead atoms. The Balaban J connectivity index is 2.76. The van der Waals surface area contributed by atoms with Gasteiger partial charge >= 0.3 is 0 Å². The lowest BCUT2D eigenvalue weighted by Crippen LogP contribution is -2.52. The van der Waals surface area contributed by atoms with E-state index in [2.05, 4.69) is 0 Å². The second-order valence-electron chi connectivity index (χ2n) is 5.09. The molecule has 4 nitrogen and oxygen atoms in total. The lowest BCUT2D eigenvalue weighted by molar-refractivity contribution is -0.140. The fourth-order valence-corrected chi connectivity index (χ4v) is 3.04. The normalized spacial score (nSPS) is 18.0. The van der Waals surface area contributed by atoms with Crippen molar-refractivity contribution in [2.75, 3.05) is 26.3 Å². The summed E-state index contributed by atoms with van der Waals surface area (Å²) in [6, 6.07) is 0. The highest BCUT2D eigenvalue weighted by molar-refractivity contribution is 7.80. The second kappa shape index (κ2) is 7.80. The van der Waals surface area contributed by atoms with E-state index < -0.39 is 5.41 Å². The number of likely N-dealkylation sites (N-methyl/N-ethyl adjacent to an activating group) is 1. The SMILES string of the molecule is CCOCCN(CC)C(=O)C1(C(N)=S)CCCCC1. The molecule has 0 atom stereocenters. The third-order valence-electron chi connectivity index (χ3n) is 3.97. The molecule has 0 heterocycles. The molecular weight excluding hydrogens is 260 g/mol. The molecule has 5 heteroatoms. The molecule has 0 unspecified atom stereocenters. The maximum Gasteiger partial charge on any atom is 0.235 e. The van der Waals surface area contributed by atoms with E-state index in [1.807, 2.05) is 18.7 Å². The first-order valence-electron chi connectivity index (χ1n) is 7.25. The van der Waals surface area contributed by atoms with Crippen LogP contribution < -0.4 is 5.73 Å². The second-order valence-corrected chi connectivity index (χ2v) is 5.53. The van der Waals surface area contributed by atoms with Gasteiger partial charge in [0.15, 0.2) is 0 Å². The molecule has 0 saturated heterocycles. The van der Waals surface area contributed by atoms with Crippen molar-refractivity contribution in [3.63, 3.8) is 0 Å². The van der Waals surface area contributed by atoms with Gasteiger partial charge < -0.3 is 15.4 Å². The van der Waals surface area contributed by atoms with Gasteiger partial charge in [0.2, 0.25) is 5.91 Å². The molecule has 0 aromatic carbocycles. The molecule has 0 radical (unpaired) electrons. The van der Waals surface area contributed by atoms with Gasteiger partial charge in [0.25, 0.3) is 0 Å². The fraction of sp³-hybridized carbons (Fsp3) is 0.857. The van der Waals surface area contributed by atoms with E-state index in [-0.39, 0.29) is 5.91 Å². The third-order valence-corrected chi connectivity index (χ3v) is 4.36. The summed E-state index contributed by atoms with van der Waals surface area (Å²) in [4.78, 5) is 15.0. The number of carbonyl (C=O) groups is 1. The zero-order chi connectivity index (χ0) is 14.3. The Bertz CT molecular complexity index is 315.